The smallest absolute Gasteiger partial charge is 0.264 e. The van der Waals surface area contributed by atoms with Crippen LogP contribution in [-0.4, -0.2) is 44.7 Å². The van der Waals surface area contributed by atoms with E-state index in [1.807, 2.05) is 0 Å². The van der Waals surface area contributed by atoms with Gasteiger partial charge in [0.15, 0.2) is 0 Å². The molecule has 0 spiro atoms. The van der Waals surface area contributed by atoms with Gasteiger partial charge in [0, 0.05) is 19.5 Å². The predicted molar refractivity (Wildman–Crippen MR) is 51.2 cm³/mol. The van der Waals surface area contributed by atoms with Crippen molar-refractivity contribution in [2.75, 3.05) is 19.3 Å². The highest BCUT2D eigenvalue weighted by Gasteiger charge is 2.28. The Morgan fingerprint density at radius 3 is 2.71 bits per heavy atom. The predicted octanol–water partition coefficient (Wildman–Crippen LogP) is -0.0265. The summed E-state index contributed by atoms with van der Waals surface area (Å²) in [5.41, 5.74) is 0. The molecule has 1 aliphatic rings. The molecule has 1 saturated heterocycles. The molecule has 82 valence electrons. The Kier molecular flexibility index (Phi) is 3.49. The van der Waals surface area contributed by atoms with Gasteiger partial charge in [-0.05, 0) is 6.42 Å². The standard InChI is InChI=1S/C8H15NO4S/c1-3-8(10)9-5-4-7(6-9)13-14(2,11)12/h7H,3-6H2,1-2H3/t7-/m0/s1. The molecule has 0 saturated carbocycles. The average Bonchev–Trinajstić information content (AvgIpc) is 2.48. The molecule has 5 nitrogen and oxygen atoms in total. The van der Waals surface area contributed by atoms with E-state index in [1.165, 1.54) is 0 Å². The second-order valence-corrected chi connectivity index (χ2v) is 5.01. The number of likely N-dealkylation sites (tertiary alicyclic amines) is 1. The van der Waals surface area contributed by atoms with Crippen LogP contribution < -0.4 is 0 Å². The van der Waals surface area contributed by atoms with Crippen LogP contribution in [0.2, 0.25) is 0 Å². The fourth-order valence-corrected chi connectivity index (χ4v) is 2.16. The van der Waals surface area contributed by atoms with E-state index in [9.17, 15) is 13.2 Å². The highest BCUT2D eigenvalue weighted by Crippen LogP contribution is 2.15. The summed E-state index contributed by atoms with van der Waals surface area (Å²) in [7, 11) is -3.40. The Balaban J connectivity index is 2.46. The second kappa shape index (κ2) is 4.27. The molecule has 0 aromatic rings. The summed E-state index contributed by atoms with van der Waals surface area (Å²) in [6, 6.07) is 0. The summed E-state index contributed by atoms with van der Waals surface area (Å²) in [5.74, 6) is 0.0459. The molecule has 1 fully saturated rings. The minimum atomic E-state index is -3.40. The third-order valence-electron chi connectivity index (χ3n) is 2.11. The fourth-order valence-electron chi connectivity index (χ4n) is 1.50. The third-order valence-corrected chi connectivity index (χ3v) is 2.73. The lowest BCUT2D eigenvalue weighted by molar-refractivity contribution is -0.130. The van der Waals surface area contributed by atoms with Crippen LogP contribution in [0.15, 0.2) is 0 Å². The molecule has 1 amide bonds. The molecule has 0 aliphatic carbocycles. The first-order chi connectivity index (χ1) is 6.42. The van der Waals surface area contributed by atoms with Crippen LogP contribution in [-0.2, 0) is 19.1 Å². The zero-order valence-electron chi connectivity index (χ0n) is 8.39. The maximum absolute atomic E-state index is 11.2. The van der Waals surface area contributed by atoms with E-state index in [0.29, 0.717) is 25.9 Å². The molecule has 0 aromatic heterocycles. The van der Waals surface area contributed by atoms with Crippen molar-refractivity contribution < 1.29 is 17.4 Å². The summed E-state index contributed by atoms with van der Waals surface area (Å²) >= 11 is 0. The first-order valence-electron chi connectivity index (χ1n) is 4.58. The first kappa shape index (κ1) is 11.5. The monoisotopic (exact) mass is 221 g/mol. The quantitative estimate of drug-likeness (QED) is 0.628. The molecule has 6 heteroatoms. The largest absolute Gasteiger partial charge is 0.340 e. The minimum Gasteiger partial charge on any atom is -0.340 e. The van der Waals surface area contributed by atoms with E-state index < -0.39 is 10.1 Å². The van der Waals surface area contributed by atoms with Crippen molar-refractivity contribution in [2.24, 2.45) is 0 Å². The van der Waals surface area contributed by atoms with Gasteiger partial charge in [-0.25, -0.2) is 0 Å². The topological polar surface area (TPSA) is 63.7 Å². The Hall–Kier alpha value is -0.620. The molecule has 0 bridgehead atoms. The van der Waals surface area contributed by atoms with E-state index in [2.05, 4.69) is 0 Å². The maximum Gasteiger partial charge on any atom is 0.264 e. The molecule has 1 heterocycles. The van der Waals surface area contributed by atoms with Gasteiger partial charge in [0.2, 0.25) is 5.91 Å². The lowest BCUT2D eigenvalue weighted by atomic mass is 10.3. The molecular weight excluding hydrogens is 206 g/mol. The fraction of sp³-hybridized carbons (Fsp3) is 0.875. The van der Waals surface area contributed by atoms with Crippen molar-refractivity contribution in [3.05, 3.63) is 0 Å². The summed E-state index contributed by atoms with van der Waals surface area (Å²) in [6.07, 6.45) is 1.71. The summed E-state index contributed by atoms with van der Waals surface area (Å²) in [6.45, 7) is 2.76. The maximum atomic E-state index is 11.2. The molecular formula is C8H15NO4S. The van der Waals surface area contributed by atoms with Crippen LogP contribution in [0.4, 0.5) is 0 Å². The van der Waals surface area contributed by atoms with Crippen molar-refractivity contribution in [1.29, 1.82) is 0 Å². The normalized spacial score (nSPS) is 22.7. The lowest BCUT2D eigenvalue weighted by Gasteiger charge is -2.14. The van der Waals surface area contributed by atoms with Crippen molar-refractivity contribution >= 4 is 16.0 Å². The van der Waals surface area contributed by atoms with E-state index in [-0.39, 0.29) is 12.0 Å². The Labute approximate surface area is 84.2 Å². The van der Waals surface area contributed by atoms with Crippen molar-refractivity contribution in [3.8, 4) is 0 Å². The molecule has 0 unspecified atom stereocenters. The molecule has 1 atom stereocenters. The number of nitrogens with zero attached hydrogens (tertiary/aromatic N) is 1. The number of carbonyl (C=O) groups is 1. The lowest BCUT2D eigenvalue weighted by Crippen LogP contribution is -2.29. The van der Waals surface area contributed by atoms with Crippen LogP contribution >= 0.6 is 0 Å². The molecule has 14 heavy (non-hydrogen) atoms. The second-order valence-electron chi connectivity index (χ2n) is 3.40. The van der Waals surface area contributed by atoms with E-state index in [0.717, 1.165) is 6.26 Å². The van der Waals surface area contributed by atoms with Crippen LogP contribution in [0.25, 0.3) is 0 Å². The van der Waals surface area contributed by atoms with Crippen LogP contribution in [0.1, 0.15) is 19.8 Å². The number of amides is 1. The average molecular weight is 221 g/mol. The summed E-state index contributed by atoms with van der Waals surface area (Å²) in [4.78, 5) is 12.9. The Bertz CT molecular complexity index is 311. The van der Waals surface area contributed by atoms with Crippen molar-refractivity contribution in [2.45, 2.75) is 25.9 Å². The Morgan fingerprint density at radius 2 is 2.21 bits per heavy atom. The number of hydrogen-bond acceptors (Lipinski definition) is 4. The summed E-state index contributed by atoms with van der Waals surface area (Å²) in [5, 5.41) is 0. The van der Waals surface area contributed by atoms with Crippen LogP contribution in [0.5, 0.6) is 0 Å². The number of hydrogen-bond donors (Lipinski definition) is 0. The number of carbonyl (C=O) groups excluding carboxylic acids is 1. The van der Waals surface area contributed by atoms with Crippen LogP contribution in [0, 0.1) is 0 Å². The first-order valence-corrected chi connectivity index (χ1v) is 6.40. The van der Waals surface area contributed by atoms with Gasteiger partial charge >= 0.3 is 0 Å². The van der Waals surface area contributed by atoms with Gasteiger partial charge in [-0.15, -0.1) is 0 Å². The SMILES string of the molecule is CCC(=O)N1CC[C@H](OS(C)(=O)=O)C1. The molecule has 0 radical (unpaired) electrons. The highest BCUT2D eigenvalue weighted by atomic mass is 32.2. The minimum absolute atomic E-state index is 0.0459. The number of rotatable bonds is 3. The molecule has 1 rings (SSSR count). The van der Waals surface area contributed by atoms with Gasteiger partial charge in [-0.2, -0.15) is 8.42 Å². The third kappa shape index (κ3) is 3.26. The van der Waals surface area contributed by atoms with Crippen molar-refractivity contribution in [3.63, 3.8) is 0 Å². The van der Waals surface area contributed by atoms with Gasteiger partial charge in [0.25, 0.3) is 10.1 Å². The summed E-state index contributed by atoms with van der Waals surface area (Å²) < 4.78 is 26.4. The van der Waals surface area contributed by atoms with Gasteiger partial charge in [-0.1, -0.05) is 6.92 Å². The molecule has 0 aromatic carbocycles. The zero-order valence-corrected chi connectivity index (χ0v) is 9.21. The van der Waals surface area contributed by atoms with Gasteiger partial charge in [0.05, 0.1) is 12.4 Å². The van der Waals surface area contributed by atoms with E-state index in [1.54, 1.807) is 11.8 Å². The van der Waals surface area contributed by atoms with Gasteiger partial charge in [-0.3, -0.25) is 8.98 Å². The molecule has 0 N–H and O–H groups in total. The highest BCUT2D eigenvalue weighted by molar-refractivity contribution is 7.86. The van der Waals surface area contributed by atoms with Crippen molar-refractivity contribution in [1.82, 2.24) is 4.90 Å². The molecule has 1 aliphatic heterocycles. The van der Waals surface area contributed by atoms with E-state index in [4.69, 9.17) is 4.18 Å². The van der Waals surface area contributed by atoms with E-state index >= 15 is 0 Å². The van der Waals surface area contributed by atoms with Gasteiger partial charge < -0.3 is 4.90 Å². The van der Waals surface area contributed by atoms with Crippen LogP contribution in [0.3, 0.4) is 0 Å². The van der Waals surface area contributed by atoms with Gasteiger partial charge in [0.1, 0.15) is 0 Å². The zero-order chi connectivity index (χ0) is 10.8. The Morgan fingerprint density at radius 1 is 1.57 bits per heavy atom.